The second kappa shape index (κ2) is 7.38. The van der Waals surface area contributed by atoms with Gasteiger partial charge in [-0.3, -0.25) is 0 Å². The van der Waals surface area contributed by atoms with E-state index in [9.17, 15) is 0 Å². The Bertz CT molecular complexity index is 412. The first-order valence-corrected chi connectivity index (χ1v) is 8.05. The summed E-state index contributed by atoms with van der Waals surface area (Å²) in [7, 11) is 3.82. The number of aromatic nitrogens is 1. The van der Waals surface area contributed by atoms with Gasteiger partial charge in [0, 0.05) is 31.1 Å². The fourth-order valence-corrected chi connectivity index (χ4v) is 2.97. The monoisotopic (exact) mass is 299 g/mol. The number of methoxy groups -OCH3 is 1. The topological polar surface area (TPSA) is 37.4 Å². The van der Waals surface area contributed by atoms with Gasteiger partial charge < -0.3 is 15.0 Å². The SMILES string of the molecule is CCc1nc(N(C)C(C)COC)sc1CNC(C)(C)C. The number of aryl methyl sites for hydroxylation is 1. The van der Waals surface area contributed by atoms with Crippen LogP contribution in [0.2, 0.25) is 0 Å². The number of likely N-dealkylation sites (N-methyl/N-ethyl adjacent to an activating group) is 1. The van der Waals surface area contributed by atoms with Gasteiger partial charge in [-0.1, -0.05) is 6.92 Å². The Morgan fingerprint density at radius 3 is 2.55 bits per heavy atom. The molecular weight excluding hydrogens is 270 g/mol. The molecule has 0 amide bonds. The highest BCUT2D eigenvalue weighted by Crippen LogP contribution is 2.27. The fourth-order valence-electron chi connectivity index (χ4n) is 1.82. The molecule has 1 N–H and O–H groups in total. The summed E-state index contributed by atoms with van der Waals surface area (Å²) in [4.78, 5) is 8.33. The maximum Gasteiger partial charge on any atom is 0.185 e. The van der Waals surface area contributed by atoms with Crippen molar-refractivity contribution in [3.63, 3.8) is 0 Å². The van der Waals surface area contributed by atoms with Gasteiger partial charge in [0.25, 0.3) is 0 Å². The molecule has 0 aliphatic carbocycles. The van der Waals surface area contributed by atoms with E-state index in [0.29, 0.717) is 12.6 Å². The molecule has 4 nitrogen and oxygen atoms in total. The lowest BCUT2D eigenvalue weighted by Crippen LogP contribution is -2.35. The summed E-state index contributed by atoms with van der Waals surface area (Å²) in [6, 6.07) is 0.333. The van der Waals surface area contributed by atoms with E-state index < -0.39 is 0 Å². The zero-order valence-electron chi connectivity index (χ0n) is 13.9. The Balaban J connectivity index is 2.82. The number of nitrogens with one attached hydrogen (secondary N) is 1. The van der Waals surface area contributed by atoms with Crippen LogP contribution in [0.15, 0.2) is 0 Å². The molecule has 5 heteroatoms. The number of rotatable bonds is 7. The van der Waals surface area contributed by atoms with Crippen molar-refractivity contribution >= 4 is 16.5 Å². The lowest BCUT2D eigenvalue weighted by atomic mass is 10.1. The minimum Gasteiger partial charge on any atom is -0.383 e. The van der Waals surface area contributed by atoms with Crippen LogP contribution >= 0.6 is 11.3 Å². The molecule has 0 bridgehead atoms. The molecule has 0 aliphatic rings. The van der Waals surface area contributed by atoms with E-state index in [4.69, 9.17) is 9.72 Å². The van der Waals surface area contributed by atoms with Crippen LogP contribution in [0.4, 0.5) is 5.13 Å². The van der Waals surface area contributed by atoms with E-state index in [1.54, 1.807) is 18.4 Å². The van der Waals surface area contributed by atoms with Crippen molar-refractivity contribution < 1.29 is 4.74 Å². The number of hydrogen-bond acceptors (Lipinski definition) is 5. The van der Waals surface area contributed by atoms with E-state index in [2.05, 4.69) is 51.9 Å². The average Bonchev–Trinajstić information content (AvgIpc) is 2.78. The summed E-state index contributed by atoms with van der Waals surface area (Å²) in [6.07, 6.45) is 0.976. The van der Waals surface area contributed by atoms with Gasteiger partial charge >= 0.3 is 0 Å². The maximum absolute atomic E-state index is 5.22. The second-order valence-electron chi connectivity index (χ2n) is 6.24. The van der Waals surface area contributed by atoms with Gasteiger partial charge in [0.2, 0.25) is 0 Å². The molecule has 116 valence electrons. The van der Waals surface area contributed by atoms with Crippen LogP contribution in [-0.2, 0) is 17.7 Å². The third kappa shape index (κ3) is 5.04. The number of hydrogen-bond donors (Lipinski definition) is 1. The minimum atomic E-state index is 0.129. The van der Waals surface area contributed by atoms with E-state index in [1.165, 1.54) is 10.6 Å². The second-order valence-corrected chi connectivity index (χ2v) is 7.30. The molecular formula is C15H29N3OS. The van der Waals surface area contributed by atoms with Crippen LogP contribution in [0.25, 0.3) is 0 Å². The molecule has 20 heavy (non-hydrogen) atoms. The summed E-state index contributed by atoms with van der Waals surface area (Å²) in [5.74, 6) is 0. The summed E-state index contributed by atoms with van der Waals surface area (Å²) < 4.78 is 5.22. The number of nitrogens with zero attached hydrogens (tertiary/aromatic N) is 2. The van der Waals surface area contributed by atoms with Gasteiger partial charge in [-0.25, -0.2) is 4.98 Å². The van der Waals surface area contributed by atoms with Crippen LogP contribution in [0, 0.1) is 0 Å². The van der Waals surface area contributed by atoms with Crippen molar-refractivity contribution in [3.8, 4) is 0 Å². The summed E-state index contributed by atoms with van der Waals surface area (Å²) in [5, 5.41) is 4.63. The smallest absolute Gasteiger partial charge is 0.185 e. The Hall–Kier alpha value is -0.650. The quantitative estimate of drug-likeness (QED) is 0.839. The first-order valence-electron chi connectivity index (χ1n) is 7.23. The molecule has 0 saturated heterocycles. The molecule has 0 radical (unpaired) electrons. The predicted molar refractivity (Wildman–Crippen MR) is 87.8 cm³/mol. The van der Waals surface area contributed by atoms with Crippen LogP contribution in [0.3, 0.4) is 0 Å². The summed E-state index contributed by atoms with van der Waals surface area (Å²) in [5.41, 5.74) is 1.34. The third-order valence-electron chi connectivity index (χ3n) is 3.25. The van der Waals surface area contributed by atoms with E-state index >= 15 is 0 Å². The van der Waals surface area contributed by atoms with Crippen LogP contribution in [0.1, 0.15) is 45.2 Å². The van der Waals surface area contributed by atoms with Gasteiger partial charge in [0.15, 0.2) is 5.13 Å². The molecule has 1 atom stereocenters. The van der Waals surface area contributed by atoms with Crippen molar-refractivity contribution in [2.75, 3.05) is 25.7 Å². The van der Waals surface area contributed by atoms with E-state index in [0.717, 1.165) is 18.1 Å². The van der Waals surface area contributed by atoms with Gasteiger partial charge in [0.05, 0.1) is 18.3 Å². The predicted octanol–water partition coefficient (Wildman–Crippen LogP) is 3.06. The van der Waals surface area contributed by atoms with Crippen LogP contribution in [0.5, 0.6) is 0 Å². The van der Waals surface area contributed by atoms with E-state index in [-0.39, 0.29) is 5.54 Å². The first-order chi connectivity index (χ1) is 9.28. The van der Waals surface area contributed by atoms with Crippen molar-refractivity contribution in [1.82, 2.24) is 10.3 Å². The number of anilines is 1. The molecule has 1 aromatic rings. The molecule has 0 aromatic carbocycles. The zero-order valence-corrected chi connectivity index (χ0v) is 14.7. The normalized spacial score (nSPS) is 13.6. The highest BCUT2D eigenvalue weighted by atomic mass is 32.1. The van der Waals surface area contributed by atoms with Crippen molar-refractivity contribution in [2.45, 2.75) is 59.2 Å². The molecule has 1 rings (SSSR count). The number of thiazole rings is 1. The molecule has 0 aliphatic heterocycles. The lowest BCUT2D eigenvalue weighted by Gasteiger charge is -2.23. The highest BCUT2D eigenvalue weighted by Gasteiger charge is 2.18. The number of ether oxygens (including phenoxy) is 1. The summed E-state index contributed by atoms with van der Waals surface area (Å²) >= 11 is 1.78. The minimum absolute atomic E-state index is 0.129. The first kappa shape index (κ1) is 17.4. The molecule has 1 aromatic heterocycles. The Kier molecular flexibility index (Phi) is 6.43. The molecule has 0 spiro atoms. The van der Waals surface area contributed by atoms with Crippen LogP contribution < -0.4 is 10.2 Å². The lowest BCUT2D eigenvalue weighted by molar-refractivity contribution is 0.183. The zero-order chi connectivity index (χ0) is 15.3. The summed E-state index contributed by atoms with van der Waals surface area (Å²) in [6.45, 7) is 12.5. The van der Waals surface area contributed by atoms with Gasteiger partial charge in [0.1, 0.15) is 0 Å². The Labute approximate surface area is 127 Å². The largest absolute Gasteiger partial charge is 0.383 e. The van der Waals surface area contributed by atoms with Gasteiger partial charge in [-0.2, -0.15) is 0 Å². The fraction of sp³-hybridized carbons (Fsp3) is 0.800. The molecule has 1 heterocycles. The van der Waals surface area contributed by atoms with E-state index in [1.807, 2.05) is 0 Å². The van der Waals surface area contributed by atoms with Crippen LogP contribution in [-0.4, -0.2) is 37.3 Å². The van der Waals surface area contributed by atoms with Crippen molar-refractivity contribution in [1.29, 1.82) is 0 Å². The average molecular weight is 299 g/mol. The standard InChI is InChI=1S/C15H29N3OS/c1-8-12-13(9-16-15(3,4)5)20-14(17-12)18(6)11(2)10-19-7/h11,16H,8-10H2,1-7H3. The molecule has 0 fully saturated rings. The van der Waals surface area contributed by atoms with Gasteiger partial charge in [-0.05, 0) is 34.1 Å². The van der Waals surface area contributed by atoms with Crippen molar-refractivity contribution in [3.05, 3.63) is 10.6 Å². The van der Waals surface area contributed by atoms with Crippen molar-refractivity contribution in [2.24, 2.45) is 0 Å². The molecule has 1 unspecified atom stereocenters. The Morgan fingerprint density at radius 2 is 2.05 bits per heavy atom. The highest BCUT2D eigenvalue weighted by molar-refractivity contribution is 7.15. The third-order valence-corrected chi connectivity index (χ3v) is 4.44. The Morgan fingerprint density at radius 1 is 1.40 bits per heavy atom. The molecule has 0 saturated carbocycles. The van der Waals surface area contributed by atoms with Gasteiger partial charge in [-0.15, -0.1) is 11.3 Å². The maximum atomic E-state index is 5.22.